The van der Waals surface area contributed by atoms with E-state index in [0.29, 0.717) is 42.0 Å². The van der Waals surface area contributed by atoms with E-state index < -0.39 is 0 Å². The van der Waals surface area contributed by atoms with Gasteiger partial charge in [0, 0.05) is 25.1 Å². The van der Waals surface area contributed by atoms with Crippen LogP contribution in [-0.2, 0) is 9.59 Å². The Kier molecular flexibility index (Phi) is 3.40. The van der Waals surface area contributed by atoms with Crippen molar-refractivity contribution in [3.05, 3.63) is 17.2 Å². The smallest absolute Gasteiger partial charge is 0.229 e. The van der Waals surface area contributed by atoms with Gasteiger partial charge in [-0.05, 0) is 0 Å². The zero-order valence-corrected chi connectivity index (χ0v) is 11.3. The third-order valence-corrected chi connectivity index (χ3v) is 3.55. The van der Waals surface area contributed by atoms with Crippen molar-refractivity contribution >= 4 is 29.1 Å². The van der Waals surface area contributed by atoms with Gasteiger partial charge in [-0.2, -0.15) is 0 Å². The molecule has 106 valence electrons. The summed E-state index contributed by atoms with van der Waals surface area (Å²) in [4.78, 5) is 23.2. The molecule has 6 nitrogen and oxygen atoms in total. The summed E-state index contributed by atoms with van der Waals surface area (Å²) in [7, 11) is 0. The topological polar surface area (TPSA) is 76.7 Å². The first-order chi connectivity index (χ1) is 9.63. The number of carbonyl (C=O) groups is 2. The number of benzene rings is 1. The first kappa shape index (κ1) is 13.1. The van der Waals surface area contributed by atoms with Crippen molar-refractivity contribution < 1.29 is 19.1 Å². The second-order valence-electron chi connectivity index (χ2n) is 4.67. The van der Waals surface area contributed by atoms with Crippen molar-refractivity contribution in [2.24, 2.45) is 5.92 Å². The molecule has 1 saturated heterocycles. The lowest BCUT2D eigenvalue weighted by Gasteiger charge is -2.20. The van der Waals surface area contributed by atoms with Gasteiger partial charge in [0.05, 0.1) is 16.6 Å². The standard InChI is InChI=1S/C13H13ClN2O4/c14-8-4-10-11(20-2-1-19-10)5-9(8)16-13(18)7-3-12(17)15-6-7/h4-5,7H,1-3,6H2,(H,15,17)(H,16,18). The van der Waals surface area contributed by atoms with Gasteiger partial charge in [-0.25, -0.2) is 0 Å². The zero-order chi connectivity index (χ0) is 14.1. The molecule has 0 saturated carbocycles. The summed E-state index contributed by atoms with van der Waals surface area (Å²) in [6.45, 7) is 1.29. The van der Waals surface area contributed by atoms with Crippen LogP contribution in [0.25, 0.3) is 0 Å². The molecule has 0 spiro atoms. The van der Waals surface area contributed by atoms with Crippen molar-refractivity contribution in [3.8, 4) is 11.5 Å². The van der Waals surface area contributed by atoms with E-state index in [4.69, 9.17) is 21.1 Å². The number of rotatable bonds is 2. The molecule has 2 N–H and O–H groups in total. The number of ether oxygens (including phenoxy) is 2. The van der Waals surface area contributed by atoms with Crippen LogP contribution in [0.4, 0.5) is 5.69 Å². The maximum Gasteiger partial charge on any atom is 0.229 e. The Balaban J connectivity index is 1.77. The van der Waals surface area contributed by atoms with Gasteiger partial charge in [-0.1, -0.05) is 11.6 Å². The minimum atomic E-state index is -0.369. The van der Waals surface area contributed by atoms with Crippen molar-refractivity contribution in [1.82, 2.24) is 5.32 Å². The monoisotopic (exact) mass is 296 g/mol. The lowest BCUT2D eigenvalue weighted by atomic mass is 10.1. The average molecular weight is 297 g/mol. The minimum Gasteiger partial charge on any atom is -0.486 e. The fourth-order valence-electron chi connectivity index (χ4n) is 2.19. The van der Waals surface area contributed by atoms with Crippen LogP contribution in [0.3, 0.4) is 0 Å². The Morgan fingerprint density at radius 2 is 2.00 bits per heavy atom. The SMILES string of the molecule is O=C1CC(C(=O)Nc2cc3c(cc2Cl)OCCO3)CN1. The molecule has 0 bridgehead atoms. The van der Waals surface area contributed by atoms with Crippen LogP contribution in [0.15, 0.2) is 12.1 Å². The Morgan fingerprint density at radius 1 is 1.30 bits per heavy atom. The fraction of sp³-hybridized carbons (Fsp3) is 0.385. The summed E-state index contributed by atoms with van der Waals surface area (Å²) in [6.07, 6.45) is 0.202. The molecule has 2 aliphatic heterocycles. The fourth-order valence-corrected chi connectivity index (χ4v) is 2.39. The Morgan fingerprint density at radius 3 is 2.65 bits per heavy atom. The largest absolute Gasteiger partial charge is 0.486 e. The van der Waals surface area contributed by atoms with Crippen molar-refractivity contribution in [2.45, 2.75) is 6.42 Å². The second kappa shape index (κ2) is 5.20. The molecule has 1 atom stereocenters. The molecule has 2 amide bonds. The molecule has 1 fully saturated rings. The first-order valence-corrected chi connectivity index (χ1v) is 6.68. The second-order valence-corrected chi connectivity index (χ2v) is 5.08. The molecule has 0 aromatic heterocycles. The van der Waals surface area contributed by atoms with Crippen molar-refractivity contribution in [2.75, 3.05) is 25.1 Å². The van der Waals surface area contributed by atoms with Crippen molar-refractivity contribution in [1.29, 1.82) is 0 Å². The van der Waals surface area contributed by atoms with Crippen LogP contribution in [0, 0.1) is 5.92 Å². The molecule has 0 aliphatic carbocycles. The molecule has 1 aromatic carbocycles. The summed E-state index contributed by atoms with van der Waals surface area (Å²) < 4.78 is 10.8. The number of anilines is 1. The van der Waals surface area contributed by atoms with E-state index >= 15 is 0 Å². The predicted molar refractivity (Wildman–Crippen MR) is 72.2 cm³/mol. The van der Waals surface area contributed by atoms with Gasteiger partial charge in [0.25, 0.3) is 0 Å². The molecule has 7 heteroatoms. The average Bonchev–Trinajstić information content (AvgIpc) is 2.86. The number of hydrogen-bond acceptors (Lipinski definition) is 4. The third kappa shape index (κ3) is 2.51. The first-order valence-electron chi connectivity index (χ1n) is 6.30. The molecule has 2 aliphatic rings. The molecule has 1 aromatic rings. The van der Waals surface area contributed by atoms with Crippen molar-refractivity contribution in [3.63, 3.8) is 0 Å². The maximum absolute atomic E-state index is 12.0. The quantitative estimate of drug-likeness (QED) is 0.859. The van der Waals surface area contributed by atoms with Crippen LogP contribution in [0.1, 0.15) is 6.42 Å². The van der Waals surface area contributed by atoms with Gasteiger partial charge in [0.2, 0.25) is 11.8 Å². The van der Waals surface area contributed by atoms with Gasteiger partial charge >= 0.3 is 0 Å². The molecule has 20 heavy (non-hydrogen) atoms. The van der Waals surface area contributed by atoms with Crippen LogP contribution < -0.4 is 20.1 Å². The minimum absolute atomic E-state index is 0.113. The lowest BCUT2D eigenvalue weighted by molar-refractivity contribution is -0.123. The Hall–Kier alpha value is -1.95. The highest BCUT2D eigenvalue weighted by Crippen LogP contribution is 2.38. The third-order valence-electron chi connectivity index (χ3n) is 3.24. The highest BCUT2D eigenvalue weighted by molar-refractivity contribution is 6.34. The summed E-state index contributed by atoms with van der Waals surface area (Å²) in [5, 5.41) is 5.72. The number of hydrogen-bond donors (Lipinski definition) is 2. The molecular formula is C13H13ClN2O4. The van der Waals surface area contributed by atoms with Crippen LogP contribution >= 0.6 is 11.6 Å². The van der Waals surface area contributed by atoms with Gasteiger partial charge in [-0.3, -0.25) is 9.59 Å². The van der Waals surface area contributed by atoms with E-state index in [0.717, 1.165) is 0 Å². The van der Waals surface area contributed by atoms with E-state index in [1.165, 1.54) is 0 Å². The summed E-state index contributed by atoms with van der Waals surface area (Å²) in [5.41, 5.74) is 0.459. The molecule has 1 unspecified atom stereocenters. The number of nitrogens with one attached hydrogen (secondary N) is 2. The van der Waals surface area contributed by atoms with Crippen LogP contribution in [-0.4, -0.2) is 31.6 Å². The normalized spacial score (nSPS) is 20.4. The van der Waals surface area contributed by atoms with E-state index in [1.54, 1.807) is 12.1 Å². The lowest BCUT2D eigenvalue weighted by Crippen LogP contribution is -2.25. The van der Waals surface area contributed by atoms with Crippen LogP contribution in [0.2, 0.25) is 5.02 Å². The number of amides is 2. The highest BCUT2D eigenvalue weighted by Gasteiger charge is 2.28. The molecule has 2 heterocycles. The number of fused-ring (bicyclic) bond motifs is 1. The van der Waals surface area contributed by atoms with Gasteiger partial charge in [0.15, 0.2) is 11.5 Å². The van der Waals surface area contributed by atoms with E-state index in [1.807, 2.05) is 0 Å². The number of carbonyl (C=O) groups excluding carboxylic acids is 2. The number of halogens is 1. The molecular weight excluding hydrogens is 284 g/mol. The Bertz CT molecular complexity index is 576. The summed E-state index contributed by atoms with van der Waals surface area (Å²) >= 11 is 6.11. The molecule has 3 rings (SSSR count). The zero-order valence-electron chi connectivity index (χ0n) is 10.6. The maximum atomic E-state index is 12.0. The molecule has 0 radical (unpaired) electrons. The van der Waals surface area contributed by atoms with Gasteiger partial charge in [0.1, 0.15) is 13.2 Å². The van der Waals surface area contributed by atoms with E-state index in [-0.39, 0.29) is 24.2 Å². The predicted octanol–water partition coefficient (Wildman–Crippen LogP) is 1.19. The summed E-state index contributed by atoms with van der Waals surface area (Å²) in [5.74, 6) is 0.403. The van der Waals surface area contributed by atoms with Crippen LogP contribution in [0.5, 0.6) is 11.5 Å². The van der Waals surface area contributed by atoms with Gasteiger partial charge in [-0.15, -0.1) is 0 Å². The van der Waals surface area contributed by atoms with E-state index in [9.17, 15) is 9.59 Å². The van der Waals surface area contributed by atoms with E-state index in [2.05, 4.69) is 10.6 Å². The highest BCUT2D eigenvalue weighted by atomic mass is 35.5. The van der Waals surface area contributed by atoms with Gasteiger partial charge < -0.3 is 20.1 Å². The Labute approximate surface area is 120 Å². The summed E-state index contributed by atoms with van der Waals surface area (Å²) in [6, 6.07) is 3.25.